The third-order valence-electron chi connectivity index (χ3n) is 2.83. The van der Waals surface area contributed by atoms with Gasteiger partial charge in [0.2, 0.25) is 5.16 Å². The number of nitrogens with zero attached hydrogens (tertiary/aromatic N) is 5. The van der Waals surface area contributed by atoms with E-state index in [-0.39, 0.29) is 0 Å². The lowest BCUT2D eigenvalue weighted by molar-refractivity contribution is 0.410. The zero-order valence-electron chi connectivity index (χ0n) is 11.4. The fourth-order valence-corrected chi connectivity index (χ4v) is 2.65. The highest BCUT2D eigenvalue weighted by Crippen LogP contribution is 2.26. The van der Waals surface area contributed by atoms with Crippen molar-refractivity contribution in [3.8, 4) is 11.4 Å². The smallest absolute Gasteiger partial charge is 0.214 e. The van der Waals surface area contributed by atoms with Crippen molar-refractivity contribution in [2.75, 3.05) is 7.11 Å². The summed E-state index contributed by atoms with van der Waals surface area (Å²) in [6, 6.07) is 13.5. The van der Waals surface area contributed by atoms with Crippen LogP contribution in [0.25, 0.3) is 5.69 Å². The molecule has 0 saturated heterocycles. The van der Waals surface area contributed by atoms with E-state index in [9.17, 15) is 0 Å². The highest BCUT2D eigenvalue weighted by Gasteiger charge is 2.13. The molecular weight excluding hydrogens is 286 g/mol. The summed E-state index contributed by atoms with van der Waals surface area (Å²) in [5, 5.41) is 12.6. The highest BCUT2D eigenvalue weighted by atomic mass is 32.2. The van der Waals surface area contributed by atoms with Gasteiger partial charge in [0.05, 0.1) is 12.8 Å². The van der Waals surface area contributed by atoms with E-state index in [1.165, 1.54) is 11.8 Å². The maximum atomic E-state index is 5.35. The van der Waals surface area contributed by atoms with E-state index in [1.807, 2.05) is 42.5 Å². The largest absolute Gasteiger partial charge is 0.494 e. The predicted octanol–water partition coefficient (Wildman–Crippen LogP) is 2.36. The van der Waals surface area contributed by atoms with E-state index >= 15 is 0 Å². The Bertz CT molecular complexity index is 716. The lowest BCUT2D eigenvalue weighted by atomic mass is 10.3. The molecule has 0 N–H and O–H groups in total. The van der Waals surface area contributed by atoms with Crippen LogP contribution >= 0.6 is 11.8 Å². The maximum absolute atomic E-state index is 5.35. The summed E-state index contributed by atoms with van der Waals surface area (Å²) < 4.78 is 7.02. The van der Waals surface area contributed by atoms with Gasteiger partial charge in [0.1, 0.15) is 11.4 Å². The zero-order valence-corrected chi connectivity index (χ0v) is 12.2. The fourth-order valence-electron chi connectivity index (χ4n) is 1.85. The monoisotopic (exact) mass is 299 g/mol. The van der Waals surface area contributed by atoms with Crippen LogP contribution in [0.5, 0.6) is 5.75 Å². The number of hydrogen-bond acceptors (Lipinski definition) is 6. The van der Waals surface area contributed by atoms with Crippen LogP contribution in [0.4, 0.5) is 0 Å². The zero-order chi connectivity index (χ0) is 14.5. The number of para-hydroxylation sites is 2. The van der Waals surface area contributed by atoms with Gasteiger partial charge in [0.15, 0.2) is 0 Å². The Hall–Kier alpha value is -2.41. The number of benzene rings is 1. The number of ether oxygens (including phenoxy) is 1. The lowest BCUT2D eigenvalue weighted by Crippen LogP contribution is -2.02. The summed E-state index contributed by atoms with van der Waals surface area (Å²) in [6.45, 7) is 0. The van der Waals surface area contributed by atoms with Crippen LogP contribution in [-0.2, 0) is 5.75 Å². The highest BCUT2D eigenvalue weighted by molar-refractivity contribution is 7.98. The Morgan fingerprint density at radius 1 is 1.14 bits per heavy atom. The van der Waals surface area contributed by atoms with Gasteiger partial charge in [-0.15, -0.1) is 5.10 Å². The fraction of sp³-hybridized carbons (Fsp3) is 0.143. The second kappa shape index (κ2) is 6.36. The number of aromatic nitrogens is 5. The first-order valence-corrected chi connectivity index (χ1v) is 7.31. The van der Waals surface area contributed by atoms with Gasteiger partial charge in [-0.3, -0.25) is 4.98 Å². The Kier molecular flexibility index (Phi) is 4.11. The third-order valence-corrected chi connectivity index (χ3v) is 3.78. The number of methoxy groups -OCH3 is 1. The second-order valence-electron chi connectivity index (χ2n) is 4.15. The molecule has 0 aliphatic heterocycles. The molecule has 3 aromatic rings. The molecule has 1 aromatic carbocycles. The van der Waals surface area contributed by atoms with Crippen molar-refractivity contribution in [2.45, 2.75) is 10.9 Å². The van der Waals surface area contributed by atoms with Crippen LogP contribution in [0.15, 0.2) is 53.8 Å². The molecule has 6 nitrogen and oxygen atoms in total. The standard InChI is InChI=1S/C14H13N5OS/c1-20-13-8-3-2-7-12(13)19-14(16-17-18-19)21-10-11-6-4-5-9-15-11/h2-9H,10H2,1H3. The number of pyridine rings is 1. The van der Waals surface area contributed by atoms with Gasteiger partial charge in [-0.1, -0.05) is 30.0 Å². The molecule has 0 atom stereocenters. The first kappa shape index (κ1) is 13.6. The second-order valence-corrected chi connectivity index (χ2v) is 5.10. The van der Waals surface area contributed by atoms with Crippen molar-refractivity contribution in [1.82, 2.24) is 25.2 Å². The van der Waals surface area contributed by atoms with Gasteiger partial charge < -0.3 is 4.74 Å². The molecule has 0 aliphatic carbocycles. The van der Waals surface area contributed by atoms with Gasteiger partial charge in [0, 0.05) is 11.9 Å². The van der Waals surface area contributed by atoms with Gasteiger partial charge in [-0.2, -0.15) is 4.68 Å². The Morgan fingerprint density at radius 3 is 2.81 bits per heavy atom. The van der Waals surface area contributed by atoms with E-state index in [4.69, 9.17) is 4.74 Å². The molecule has 0 unspecified atom stereocenters. The third kappa shape index (κ3) is 3.03. The summed E-state index contributed by atoms with van der Waals surface area (Å²) >= 11 is 1.53. The quantitative estimate of drug-likeness (QED) is 0.674. The van der Waals surface area contributed by atoms with Gasteiger partial charge in [-0.05, 0) is 34.7 Å². The lowest BCUT2D eigenvalue weighted by Gasteiger charge is -2.08. The number of thioether (sulfide) groups is 1. The predicted molar refractivity (Wildman–Crippen MR) is 79.5 cm³/mol. The van der Waals surface area contributed by atoms with Crippen molar-refractivity contribution in [1.29, 1.82) is 0 Å². The van der Waals surface area contributed by atoms with Crippen molar-refractivity contribution in [3.63, 3.8) is 0 Å². The summed E-state index contributed by atoms with van der Waals surface area (Å²) in [5.41, 5.74) is 1.80. The summed E-state index contributed by atoms with van der Waals surface area (Å²) in [7, 11) is 1.63. The molecule has 0 radical (unpaired) electrons. The maximum Gasteiger partial charge on any atom is 0.214 e. The van der Waals surface area contributed by atoms with Crippen LogP contribution in [0.3, 0.4) is 0 Å². The van der Waals surface area contributed by atoms with Crippen molar-refractivity contribution in [3.05, 3.63) is 54.4 Å². The molecule has 0 amide bonds. The Labute approximate surface area is 126 Å². The van der Waals surface area contributed by atoms with Crippen LogP contribution in [0, 0.1) is 0 Å². The Balaban J connectivity index is 1.84. The van der Waals surface area contributed by atoms with Crippen molar-refractivity contribution < 1.29 is 4.74 Å². The van der Waals surface area contributed by atoms with E-state index in [0.29, 0.717) is 10.9 Å². The van der Waals surface area contributed by atoms with Crippen molar-refractivity contribution in [2.24, 2.45) is 0 Å². The number of hydrogen-bond donors (Lipinski definition) is 0. The van der Waals surface area contributed by atoms with E-state index < -0.39 is 0 Å². The van der Waals surface area contributed by atoms with E-state index in [2.05, 4.69) is 20.5 Å². The summed E-state index contributed by atoms with van der Waals surface area (Å²) in [4.78, 5) is 4.29. The molecule has 0 spiro atoms. The minimum absolute atomic E-state index is 0.699. The minimum atomic E-state index is 0.699. The molecule has 0 aliphatic rings. The van der Waals surface area contributed by atoms with Gasteiger partial charge in [-0.25, -0.2) is 0 Å². The van der Waals surface area contributed by atoms with Crippen molar-refractivity contribution >= 4 is 11.8 Å². The Morgan fingerprint density at radius 2 is 2.00 bits per heavy atom. The summed E-state index contributed by atoms with van der Waals surface area (Å²) in [5.74, 6) is 1.43. The first-order chi connectivity index (χ1) is 10.4. The molecule has 21 heavy (non-hydrogen) atoms. The molecule has 0 saturated carbocycles. The molecule has 0 fully saturated rings. The van der Waals surface area contributed by atoms with Crippen LogP contribution in [0.2, 0.25) is 0 Å². The van der Waals surface area contributed by atoms with Gasteiger partial charge in [0.25, 0.3) is 0 Å². The minimum Gasteiger partial charge on any atom is -0.494 e. The molecule has 7 heteroatoms. The number of rotatable bonds is 5. The molecule has 0 bridgehead atoms. The SMILES string of the molecule is COc1ccccc1-n1nnnc1SCc1ccccn1. The molecule has 3 rings (SSSR count). The number of tetrazole rings is 1. The van der Waals surface area contributed by atoms with Crippen LogP contribution in [-0.4, -0.2) is 32.3 Å². The van der Waals surface area contributed by atoms with E-state index in [0.717, 1.165) is 17.1 Å². The molecule has 2 aromatic heterocycles. The normalized spacial score (nSPS) is 10.5. The average Bonchev–Trinajstić information content (AvgIpc) is 3.02. The molecular formula is C14H13N5OS. The first-order valence-electron chi connectivity index (χ1n) is 6.33. The average molecular weight is 299 g/mol. The molecule has 2 heterocycles. The van der Waals surface area contributed by atoms with Crippen LogP contribution in [0.1, 0.15) is 5.69 Å². The van der Waals surface area contributed by atoms with E-state index in [1.54, 1.807) is 18.0 Å². The van der Waals surface area contributed by atoms with Crippen LogP contribution < -0.4 is 4.74 Å². The van der Waals surface area contributed by atoms with Gasteiger partial charge >= 0.3 is 0 Å². The topological polar surface area (TPSA) is 65.7 Å². The summed E-state index contributed by atoms with van der Waals surface area (Å²) in [6.07, 6.45) is 1.78. The molecule has 106 valence electrons.